The van der Waals surface area contributed by atoms with E-state index < -0.39 is 0 Å². The van der Waals surface area contributed by atoms with Gasteiger partial charge in [0.05, 0.1) is 0 Å². The van der Waals surface area contributed by atoms with Crippen molar-refractivity contribution in [1.82, 2.24) is 5.32 Å². The van der Waals surface area contributed by atoms with Gasteiger partial charge in [-0.25, -0.2) is 0 Å². The van der Waals surface area contributed by atoms with Gasteiger partial charge in [0.25, 0.3) is 0 Å². The van der Waals surface area contributed by atoms with Crippen molar-refractivity contribution in [2.24, 2.45) is 16.3 Å². The number of nitrogens with two attached hydrogens (primary N) is 1. The van der Waals surface area contributed by atoms with Crippen LogP contribution in [-0.2, 0) is 0 Å². The second-order valence-corrected chi connectivity index (χ2v) is 4.60. The number of amidine groups is 1. The van der Waals surface area contributed by atoms with Gasteiger partial charge in [0.1, 0.15) is 5.84 Å². The first kappa shape index (κ1) is 14.2. The molecule has 0 radical (unpaired) electrons. The van der Waals surface area contributed by atoms with Crippen molar-refractivity contribution in [3.63, 3.8) is 0 Å². The van der Waals surface area contributed by atoms with Crippen LogP contribution in [0.4, 0.5) is 0 Å². The molecule has 5 nitrogen and oxygen atoms in total. The lowest BCUT2D eigenvalue weighted by Gasteiger charge is -2.25. The maximum atomic E-state index is 9.08. The monoisotopic (exact) mass is 217 g/mol. The lowest BCUT2D eigenvalue weighted by atomic mass is 9.94. The van der Waals surface area contributed by atoms with Crippen molar-refractivity contribution in [2.75, 3.05) is 13.2 Å². The molecule has 0 spiro atoms. The van der Waals surface area contributed by atoms with Gasteiger partial charge in [-0.05, 0) is 6.42 Å². The molecule has 0 bridgehead atoms. The molecule has 0 saturated carbocycles. The zero-order valence-electron chi connectivity index (χ0n) is 9.82. The molecule has 0 rings (SSSR count). The normalized spacial score (nSPS) is 15.3. The smallest absolute Gasteiger partial charge is 0.140 e. The molecule has 0 aromatic heterocycles. The van der Waals surface area contributed by atoms with E-state index in [1.165, 1.54) is 0 Å². The molecule has 90 valence electrons. The van der Waals surface area contributed by atoms with Crippen molar-refractivity contribution in [2.45, 2.75) is 39.7 Å². The average Bonchev–Trinajstić information content (AvgIpc) is 2.23. The van der Waals surface area contributed by atoms with E-state index >= 15 is 0 Å². The van der Waals surface area contributed by atoms with Crippen LogP contribution < -0.4 is 11.1 Å². The van der Waals surface area contributed by atoms with Crippen LogP contribution in [0.3, 0.4) is 0 Å². The number of nitrogens with zero attached hydrogens (tertiary/aromatic N) is 1. The summed E-state index contributed by atoms with van der Waals surface area (Å²) in [6.45, 7) is 6.85. The van der Waals surface area contributed by atoms with E-state index in [1.807, 2.05) is 20.8 Å². The van der Waals surface area contributed by atoms with Gasteiger partial charge >= 0.3 is 0 Å². The molecule has 0 saturated heterocycles. The minimum absolute atomic E-state index is 0.139. The number of aliphatic hydroxyl groups excluding tert-OH is 1. The van der Waals surface area contributed by atoms with Gasteiger partial charge in [-0.1, -0.05) is 25.9 Å². The molecule has 0 aliphatic rings. The van der Waals surface area contributed by atoms with Gasteiger partial charge in [0.15, 0.2) is 0 Å². The van der Waals surface area contributed by atoms with E-state index in [4.69, 9.17) is 16.0 Å². The first-order valence-corrected chi connectivity index (χ1v) is 5.26. The summed E-state index contributed by atoms with van der Waals surface area (Å²) in [5, 5.41) is 23.8. The quantitative estimate of drug-likeness (QED) is 0.216. The molecule has 0 amide bonds. The second-order valence-electron chi connectivity index (χ2n) is 4.60. The first-order valence-electron chi connectivity index (χ1n) is 5.26. The van der Waals surface area contributed by atoms with Crippen molar-refractivity contribution in [3.8, 4) is 0 Å². The molecule has 1 unspecified atom stereocenters. The molecule has 0 aromatic rings. The standard InChI is InChI=1S/C10H23N3O2/c1-4-8(5-9(11)13-15)12-6-10(2,3)7-14/h8,12,14-15H,4-7H2,1-3H3,(H2,11,13). The molecular formula is C10H23N3O2. The van der Waals surface area contributed by atoms with Crippen molar-refractivity contribution < 1.29 is 10.3 Å². The minimum Gasteiger partial charge on any atom is -0.409 e. The summed E-state index contributed by atoms with van der Waals surface area (Å²) >= 11 is 0. The SMILES string of the molecule is CCC(CC(N)=NO)NCC(C)(C)CO. The molecule has 0 fully saturated rings. The summed E-state index contributed by atoms with van der Waals surface area (Å²) in [7, 11) is 0. The van der Waals surface area contributed by atoms with Crippen LogP contribution >= 0.6 is 0 Å². The first-order chi connectivity index (χ1) is 6.95. The number of oxime groups is 1. The highest BCUT2D eigenvalue weighted by molar-refractivity contribution is 5.80. The highest BCUT2D eigenvalue weighted by atomic mass is 16.4. The lowest BCUT2D eigenvalue weighted by Crippen LogP contribution is -2.40. The Morgan fingerprint density at radius 3 is 2.53 bits per heavy atom. The molecule has 15 heavy (non-hydrogen) atoms. The topological polar surface area (TPSA) is 90.9 Å². The van der Waals surface area contributed by atoms with Crippen molar-refractivity contribution in [3.05, 3.63) is 0 Å². The van der Waals surface area contributed by atoms with Gasteiger partial charge in [0.2, 0.25) is 0 Å². The molecule has 0 heterocycles. The van der Waals surface area contributed by atoms with Gasteiger partial charge < -0.3 is 21.4 Å². The Labute approximate surface area is 91.4 Å². The van der Waals surface area contributed by atoms with Crippen molar-refractivity contribution in [1.29, 1.82) is 0 Å². The average molecular weight is 217 g/mol. The predicted octanol–water partition coefficient (Wildman–Crippen LogP) is 0.510. The van der Waals surface area contributed by atoms with E-state index in [-0.39, 0.29) is 23.9 Å². The third kappa shape index (κ3) is 6.30. The van der Waals surface area contributed by atoms with Gasteiger partial charge in [0, 0.05) is 31.0 Å². The molecular weight excluding hydrogens is 194 g/mol. The van der Waals surface area contributed by atoms with Gasteiger partial charge in [-0.15, -0.1) is 0 Å². The van der Waals surface area contributed by atoms with Gasteiger partial charge in [-0.3, -0.25) is 0 Å². The number of hydrogen-bond donors (Lipinski definition) is 4. The maximum absolute atomic E-state index is 9.08. The third-order valence-corrected chi connectivity index (χ3v) is 2.37. The summed E-state index contributed by atoms with van der Waals surface area (Å²) in [4.78, 5) is 0. The fraction of sp³-hybridized carbons (Fsp3) is 0.900. The third-order valence-electron chi connectivity index (χ3n) is 2.37. The Hall–Kier alpha value is -0.810. The zero-order valence-corrected chi connectivity index (χ0v) is 9.82. The van der Waals surface area contributed by atoms with Crippen LogP contribution in [0, 0.1) is 5.41 Å². The summed E-state index contributed by atoms with van der Waals surface area (Å²) in [6, 6.07) is 0.187. The Bertz CT molecular complexity index is 205. The number of nitrogens with one attached hydrogen (secondary N) is 1. The van der Waals surface area contributed by atoms with E-state index in [1.54, 1.807) is 0 Å². The Kier molecular flexibility index (Phi) is 6.27. The Morgan fingerprint density at radius 2 is 2.13 bits per heavy atom. The van der Waals surface area contributed by atoms with Crippen molar-refractivity contribution >= 4 is 5.84 Å². The molecule has 0 aliphatic carbocycles. The molecule has 5 N–H and O–H groups in total. The van der Waals surface area contributed by atoms with Gasteiger partial charge in [-0.2, -0.15) is 0 Å². The molecule has 5 heteroatoms. The Balaban J connectivity index is 4.01. The fourth-order valence-electron chi connectivity index (χ4n) is 1.13. The van der Waals surface area contributed by atoms with E-state index in [9.17, 15) is 0 Å². The van der Waals surface area contributed by atoms with Crippen LogP contribution in [-0.4, -0.2) is 35.3 Å². The predicted molar refractivity (Wildman–Crippen MR) is 61.0 cm³/mol. The van der Waals surface area contributed by atoms with E-state index in [2.05, 4.69) is 10.5 Å². The largest absolute Gasteiger partial charge is 0.409 e. The summed E-state index contributed by atoms with van der Waals surface area (Å²) in [5.41, 5.74) is 5.29. The highest BCUT2D eigenvalue weighted by Crippen LogP contribution is 2.12. The second kappa shape index (κ2) is 6.63. The van der Waals surface area contributed by atoms with E-state index in [0.29, 0.717) is 13.0 Å². The molecule has 1 atom stereocenters. The lowest BCUT2D eigenvalue weighted by molar-refractivity contribution is 0.153. The van der Waals surface area contributed by atoms with Crippen LogP contribution in [0.1, 0.15) is 33.6 Å². The summed E-state index contributed by atoms with van der Waals surface area (Å²) < 4.78 is 0. The number of hydrogen-bond acceptors (Lipinski definition) is 4. The number of rotatable bonds is 7. The summed E-state index contributed by atoms with van der Waals surface area (Å²) in [5.74, 6) is 0.233. The highest BCUT2D eigenvalue weighted by Gasteiger charge is 2.18. The fourth-order valence-corrected chi connectivity index (χ4v) is 1.13. The molecule has 0 aromatic carbocycles. The van der Waals surface area contributed by atoms with Crippen LogP contribution in [0.25, 0.3) is 0 Å². The van der Waals surface area contributed by atoms with E-state index in [0.717, 1.165) is 6.42 Å². The van der Waals surface area contributed by atoms with Crippen LogP contribution in [0.5, 0.6) is 0 Å². The van der Waals surface area contributed by atoms with Crippen LogP contribution in [0.15, 0.2) is 5.16 Å². The Morgan fingerprint density at radius 1 is 1.53 bits per heavy atom. The summed E-state index contributed by atoms with van der Waals surface area (Å²) in [6.07, 6.45) is 1.42. The molecule has 0 aliphatic heterocycles. The van der Waals surface area contributed by atoms with Crippen LogP contribution in [0.2, 0.25) is 0 Å². The minimum atomic E-state index is -0.140. The number of aliphatic hydroxyl groups is 1. The maximum Gasteiger partial charge on any atom is 0.140 e. The zero-order chi connectivity index (χ0) is 11.9.